The first-order valence-electron chi connectivity index (χ1n) is 8.27. The van der Waals surface area contributed by atoms with E-state index in [0.29, 0.717) is 19.0 Å². The molecule has 0 amide bonds. The van der Waals surface area contributed by atoms with Crippen LogP contribution in [0.25, 0.3) is 0 Å². The molecule has 0 saturated heterocycles. The maximum Gasteiger partial charge on any atom is 0.0799 e. The normalized spacial score (nSPS) is 20.4. The van der Waals surface area contributed by atoms with Crippen LogP contribution in [0.4, 0.5) is 0 Å². The summed E-state index contributed by atoms with van der Waals surface area (Å²) in [5, 5.41) is 18.6. The summed E-state index contributed by atoms with van der Waals surface area (Å²) in [4.78, 5) is 0. The predicted octanol–water partition coefficient (Wildman–Crippen LogP) is 3.07. The molecule has 21 heavy (non-hydrogen) atoms. The van der Waals surface area contributed by atoms with Gasteiger partial charge in [-0.05, 0) is 46.6 Å². The van der Waals surface area contributed by atoms with Gasteiger partial charge in [-0.3, -0.25) is 4.68 Å². The number of nitrogens with zero attached hydrogens (tertiary/aromatic N) is 2. The van der Waals surface area contributed by atoms with Crippen molar-refractivity contribution in [3.63, 3.8) is 0 Å². The summed E-state index contributed by atoms with van der Waals surface area (Å²) in [6, 6.07) is 2.62. The molecule has 1 aromatic rings. The molecule has 4 nitrogen and oxygen atoms in total. The fourth-order valence-electron chi connectivity index (χ4n) is 2.93. The van der Waals surface area contributed by atoms with Gasteiger partial charge in [0.1, 0.15) is 0 Å². The van der Waals surface area contributed by atoms with Gasteiger partial charge in [0.2, 0.25) is 0 Å². The van der Waals surface area contributed by atoms with Gasteiger partial charge in [-0.2, -0.15) is 5.10 Å². The summed E-state index contributed by atoms with van der Waals surface area (Å²) >= 11 is 0. The van der Waals surface area contributed by atoms with Crippen LogP contribution in [0.2, 0.25) is 0 Å². The molecular weight excluding hydrogens is 262 g/mol. The number of β-amino-alcohol motifs (C(OH)–C–C–N with tert-alkyl or cyclic N) is 1. The first-order valence-corrected chi connectivity index (χ1v) is 8.27. The fourth-order valence-corrected chi connectivity index (χ4v) is 2.93. The molecule has 1 aliphatic rings. The first-order chi connectivity index (χ1) is 9.75. The lowest BCUT2D eigenvalue weighted by molar-refractivity contribution is 0.0523. The molecule has 2 rings (SSSR count). The summed E-state index contributed by atoms with van der Waals surface area (Å²) in [6.45, 7) is 8.79. The Labute approximate surface area is 128 Å². The zero-order valence-electron chi connectivity index (χ0n) is 14.0. The minimum absolute atomic E-state index is 0.0193. The highest BCUT2D eigenvalue weighted by atomic mass is 16.3. The minimum atomic E-state index is -0.765. The molecule has 1 unspecified atom stereocenters. The quantitative estimate of drug-likeness (QED) is 0.877. The molecule has 1 aromatic heterocycles. The Morgan fingerprint density at radius 1 is 1.24 bits per heavy atom. The molecule has 1 heterocycles. The van der Waals surface area contributed by atoms with Crippen molar-refractivity contribution in [2.45, 2.75) is 83.4 Å². The van der Waals surface area contributed by atoms with E-state index in [1.807, 2.05) is 6.92 Å². The highest BCUT2D eigenvalue weighted by molar-refractivity contribution is 5.05. The third-order valence-corrected chi connectivity index (χ3v) is 4.17. The van der Waals surface area contributed by atoms with Crippen LogP contribution in [-0.2, 0) is 6.42 Å². The topological polar surface area (TPSA) is 50.1 Å². The second-order valence-electron chi connectivity index (χ2n) is 7.86. The molecule has 1 atom stereocenters. The van der Waals surface area contributed by atoms with E-state index in [2.05, 4.69) is 43.0 Å². The maximum absolute atomic E-state index is 10.5. The zero-order valence-corrected chi connectivity index (χ0v) is 14.0. The standard InChI is InChI=1S/C17H31N3O/c1-16(2,3)18-13-17(4,21)12-14-10-11-20(19-14)15-8-6-5-7-9-15/h10-11,15,18,21H,5-9,12-13H2,1-4H3. The highest BCUT2D eigenvalue weighted by Gasteiger charge is 2.25. The van der Waals surface area contributed by atoms with Crippen molar-refractivity contribution in [2.75, 3.05) is 6.54 Å². The van der Waals surface area contributed by atoms with Crippen molar-refractivity contribution in [3.05, 3.63) is 18.0 Å². The fraction of sp³-hybridized carbons (Fsp3) is 0.824. The zero-order chi connectivity index (χ0) is 15.5. The van der Waals surface area contributed by atoms with E-state index in [0.717, 1.165) is 5.69 Å². The lowest BCUT2D eigenvalue weighted by atomic mass is 9.96. The number of hydrogen-bond acceptors (Lipinski definition) is 3. The van der Waals surface area contributed by atoms with Crippen molar-refractivity contribution < 1.29 is 5.11 Å². The summed E-state index contributed by atoms with van der Waals surface area (Å²) in [6.07, 6.45) is 9.14. The van der Waals surface area contributed by atoms with Crippen LogP contribution in [0.5, 0.6) is 0 Å². The molecule has 1 saturated carbocycles. The van der Waals surface area contributed by atoms with E-state index in [1.54, 1.807) is 0 Å². The highest BCUT2D eigenvalue weighted by Crippen LogP contribution is 2.27. The molecule has 0 radical (unpaired) electrons. The van der Waals surface area contributed by atoms with E-state index in [-0.39, 0.29) is 5.54 Å². The van der Waals surface area contributed by atoms with Crippen molar-refractivity contribution in [1.82, 2.24) is 15.1 Å². The van der Waals surface area contributed by atoms with Crippen LogP contribution in [0.15, 0.2) is 12.3 Å². The van der Waals surface area contributed by atoms with Crippen LogP contribution in [0.1, 0.15) is 71.5 Å². The van der Waals surface area contributed by atoms with E-state index in [4.69, 9.17) is 5.10 Å². The molecule has 1 fully saturated rings. The molecule has 2 N–H and O–H groups in total. The van der Waals surface area contributed by atoms with Crippen molar-refractivity contribution in [2.24, 2.45) is 0 Å². The van der Waals surface area contributed by atoms with Gasteiger partial charge in [0.25, 0.3) is 0 Å². The van der Waals surface area contributed by atoms with Crippen LogP contribution in [0, 0.1) is 0 Å². The first kappa shape index (κ1) is 16.5. The summed E-state index contributed by atoms with van der Waals surface area (Å²) in [5.41, 5.74) is 0.242. The Kier molecular flexibility index (Phi) is 5.10. The molecule has 4 heteroatoms. The Bertz CT molecular complexity index is 439. The van der Waals surface area contributed by atoms with Gasteiger partial charge in [-0.25, -0.2) is 0 Å². The average Bonchev–Trinajstić information content (AvgIpc) is 2.85. The van der Waals surface area contributed by atoms with Gasteiger partial charge in [-0.15, -0.1) is 0 Å². The van der Waals surface area contributed by atoms with E-state index >= 15 is 0 Å². The Morgan fingerprint density at radius 3 is 2.52 bits per heavy atom. The Hall–Kier alpha value is -0.870. The van der Waals surface area contributed by atoms with Crippen LogP contribution in [0.3, 0.4) is 0 Å². The van der Waals surface area contributed by atoms with Crippen LogP contribution in [-0.4, -0.2) is 32.6 Å². The largest absolute Gasteiger partial charge is 0.388 e. The van der Waals surface area contributed by atoms with Gasteiger partial charge in [0.05, 0.1) is 17.3 Å². The summed E-state index contributed by atoms with van der Waals surface area (Å²) in [7, 11) is 0. The Morgan fingerprint density at radius 2 is 1.90 bits per heavy atom. The summed E-state index contributed by atoms with van der Waals surface area (Å²) < 4.78 is 2.11. The van der Waals surface area contributed by atoms with E-state index in [9.17, 15) is 5.11 Å². The van der Waals surface area contributed by atoms with Crippen molar-refractivity contribution in [1.29, 1.82) is 0 Å². The number of aromatic nitrogens is 2. The maximum atomic E-state index is 10.5. The third-order valence-electron chi connectivity index (χ3n) is 4.17. The van der Waals surface area contributed by atoms with E-state index < -0.39 is 5.60 Å². The van der Waals surface area contributed by atoms with Crippen molar-refractivity contribution >= 4 is 0 Å². The third kappa shape index (κ3) is 5.44. The molecule has 0 aromatic carbocycles. The van der Waals surface area contributed by atoms with Gasteiger partial charge in [0, 0.05) is 24.7 Å². The van der Waals surface area contributed by atoms with Crippen LogP contribution < -0.4 is 5.32 Å². The van der Waals surface area contributed by atoms with Gasteiger partial charge >= 0.3 is 0 Å². The van der Waals surface area contributed by atoms with Gasteiger partial charge in [-0.1, -0.05) is 19.3 Å². The average molecular weight is 293 g/mol. The summed E-state index contributed by atoms with van der Waals surface area (Å²) in [5.74, 6) is 0. The van der Waals surface area contributed by atoms with Crippen LogP contribution >= 0.6 is 0 Å². The molecule has 120 valence electrons. The molecule has 0 aliphatic heterocycles. The lowest BCUT2D eigenvalue weighted by Gasteiger charge is -2.29. The number of aliphatic hydroxyl groups is 1. The van der Waals surface area contributed by atoms with E-state index in [1.165, 1.54) is 32.1 Å². The number of nitrogens with one attached hydrogen (secondary N) is 1. The molecule has 0 bridgehead atoms. The number of rotatable bonds is 5. The monoisotopic (exact) mass is 293 g/mol. The Balaban J connectivity index is 1.91. The molecule has 0 spiro atoms. The minimum Gasteiger partial charge on any atom is -0.388 e. The van der Waals surface area contributed by atoms with Gasteiger partial charge in [0.15, 0.2) is 0 Å². The number of hydrogen-bond donors (Lipinski definition) is 2. The second-order valence-corrected chi connectivity index (χ2v) is 7.86. The lowest BCUT2D eigenvalue weighted by Crippen LogP contribution is -2.47. The smallest absolute Gasteiger partial charge is 0.0799 e. The molecule has 1 aliphatic carbocycles. The van der Waals surface area contributed by atoms with Gasteiger partial charge < -0.3 is 10.4 Å². The SMILES string of the molecule is CC(O)(CNC(C)(C)C)Cc1ccn(C2CCCCC2)n1. The second kappa shape index (κ2) is 6.49. The van der Waals surface area contributed by atoms with Crippen molar-refractivity contribution in [3.8, 4) is 0 Å². The molecular formula is C17H31N3O. The predicted molar refractivity (Wildman–Crippen MR) is 86.4 cm³/mol.